The lowest BCUT2D eigenvalue weighted by Gasteiger charge is -2.05. The minimum Gasteiger partial charge on any atom is -0.294 e. The zero-order valence-electron chi connectivity index (χ0n) is 26.2. The highest BCUT2D eigenvalue weighted by Crippen LogP contribution is 2.22. The SMILES string of the molecule is CCCCCCCCCCCCCCCC(=O)c1cscc1C(=O)CCCCCCCCCCCCCCC. The van der Waals surface area contributed by atoms with Crippen molar-refractivity contribution in [2.24, 2.45) is 0 Å². The molecule has 0 bridgehead atoms. The molecule has 0 fully saturated rings. The van der Waals surface area contributed by atoms with Gasteiger partial charge in [-0.15, -0.1) is 0 Å². The van der Waals surface area contributed by atoms with Gasteiger partial charge in [0.1, 0.15) is 0 Å². The number of hydrogen-bond acceptors (Lipinski definition) is 3. The summed E-state index contributed by atoms with van der Waals surface area (Å²) in [6.07, 6.45) is 35.3. The van der Waals surface area contributed by atoms with E-state index in [2.05, 4.69) is 13.8 Å². The van der Waals surface area contributed by atoms with E-state index in [1.165, 1.54) is 153 Å². The number of unbranched alkanes of at least 4 members (excludes halogenated alkanes) is 24. The summed E-state index contributed by atoms with van der Waals surface area (Å²) >= 11 is 1.51. The Bertz CT molecular complexity index is 635. The third-order valence-electron chi connectivity index (χ3n) is 8.28. The van der Waals surface area contributed by atoms with Gasteiger partial charge in [-0.1, -0.05) is 168 Å². The molecule has 0 spiro atoms. The molecule has 0 radical (unpaired) electrons. The van der Waals surface area contributed by atoms with Crippen molar-refractivity contribution in [2.75, 3.05) is 0 Å². The van der Waals surface area contributed by atoms with Crippen molar-refractivity contribution in [3.05, 3.63) is 21.9 Å². The highest BCUT2D eigenvalue weighted by atomic mass is 32.1. The summed E-state index contributed by atoms with van der Waals surface area (Å²) in [5.41, 5.74) is 1.39. The molecule has 1 aromatic rings. The molecule has 0 saturated heterocycles. The van der Waals surface area contributed by atoms with Crippen LogP contribution in [0.2, 0.25) is 0 Å². The minimum absolute atomic E-state index is 0.174. The molecule has 0 aliphatic heterocycles. The Hall–Kier alpha value is -0.960. The molecule has 1 heterocycles. The number of Topliss-reactive ketones (excluding diaryl/α,β-unsaturated/α-hetero) is 2. The lowest BCUT2D eigenvalue weighted by Crippen LogP contribution is -2.06. The molecule has 0 atom stereocenters. The first-order chi connectivity index (χ1) is 19.2. The Labute approximate surface area is 247 Å². The van der Waals surface area contributed by atoms with Crippen LogP contribution in [0.3, 0.4) is 0 Å². The number of rotatable bonds is 30. The van der Waals surface area contributed by atoms with Crippen LogP contribution in [0.15, 0.2) is 10.8 Å². The second-order valence-electron chi connectivity index (χ2n) is 12.0. The van der Waals surface area contributed by atoms with Gasteiger partial charge >= 0.3 is 0 Å². The summed E-state index contributed by atoms with van der Waals surface area (Å²) in [7, 11) is 0. The zero-order valence-corrected chi connectivity index (χ0v) is 27.0. The van der Waals surface area contributed by atoms with Crippen molar-refractivity contribution in [1.82, 2.24) is 0 Å². The summed E-state index contributed by atoms with van der Waals surface area (Å²) in [5, 5.41) is 3.81. The predicted octanol–water partition coefficient (Wildman–Crippen LogP) is 13.1. The maximum absolute atomic E-state index is 12.8. The van der Waals surface area contributed by atoms with E-state index in [-0.39, 0.29) is 11.6 Å². The van der Waals surface area contributed by atoms with Gasteiger partial charge in [0.05, 0.1) is 0 Å². The van der Waals surface area contributed by atoms with Gasteiger partial charge in [-0.05, 0) is 12.8 Å². The van der Waals surface area contributed by atoms with Gasteiger partial charge < -0.3 is 0 Å². The Morgan fingerprint density at radius 1 is 0.410 bits per heavy atom. The van der Waals surface area contributed by atoms with Crippen LogP contribution < -0.4 is 0 Å². The molecular weight excluding hydrogens is 496 g/mol. The molecule has 3 heteroatoms. The third-order valence-corrected chi connectivity index (χ3v) is 9.02. The third kappa shape index (κ3) is 20.6. The number of hydrogen-bond donors (Lipinski definition) is 0. The first kappa shape index (κ1) is 36.1. The number of ketones is 2. The van der Waals surface area contributed by atoms with E-state index in [0.29, 0.717) is 24.0 Å². The molecular formula is C36H64O2S. The summed E-state index contributed by atoms with van der Waals surface area (Å²) in [4.78, 5) is 25.6. The fourth-order valence-corrected chi connectivity index (χ4v) is 6.46. The van der Waals surface area contributed by atoms with E-state index in [9.17, 15) is 9.59 Å². The molecule has 2 nitrogen and oxygen atoms in total. The maximum Gasteiger partial charge on any atom is 0.164 e. The molecule has 0 aliphatic carbocycles. The second kappa shape index (κ2) is 27.2. The standard InChI is InChI=1S/C36H64O2S/c1-3-5-7-9-11-13-15-17-19-21-23-25-27-29-35(37)33-31-39-32-34(33)36(38)30-28-26-24-22-20-18-16-14-12-10-8-6-4-2/h31-32H,3-30H2,1-2H3. The van der Waals surface area contributed by atoms with Crippen molar-refractivity contribution < 1.29 is 9.59 Å². The number of carbonyl (C=O) groups excluding carboxylic acids is 2. The number of thiophene rings is 1. The van der Waals surface area contributed by atoms with Crippen LogP contribution in [0.5, 0.6) is 0 Å². The van der Waals surface area contributed by atoms with Gasteiger partial charge in [0, 0.05) is 34.7 Å². The van der Waals surface area contributed by atoms with E-state index < -0.39 is 0 Å². The van der Waals surface area contributed by atoms with Crippen molar-refractivity contribution >= 4 is 22.9 Å². The van der Waals surface area contributed by atoms with Crippen LogP contribution in [0.4, 0.5) is 0 Å². The molecule has 0 aromatic carbocycles. The fraction of sp³-hybridized carbons (Fsp3) is 0.833. The molecule has 39 heavy (non-hydrogen) atoms. The molecule has 0 aliphatic rings. The molecule has 0 unspecified atom stereocenters. The lowest BCUT2D eigenvalue weighted by atomic mass is 9.98. The van der Waals surface area contributed by atoms with Gasteiger partial charge in [-0.25, -0.2) is 0 Å². The first-order valence-corrected chi connectivity index (χ1v) is 18.3. The van der Waals surface area contributed by atoms with Crippen LogP contribution in [-0.4, -0.2) is 11.6 Å². The molecule has 226 valence electrons. The quantitative estimate of drug-likeness (QED) is 0.0692. The van der Waals surface area contributed by atoms with Crippen LogP contribution >= 0.6 is 11.3 Å². The summed E-state index contributed by atoms with van der Waals surface area (Å²) in [6, 6.07) is 0. The van der Waals surface area contributed by atoms with Gasteiger partial charge in [-0.2, -0.15) is 11.3 Å². The fourth-order valence-electron chi connectivity index (χ4n) is 5.60. The number of carbonyl (C=O) groups is 2. The van der Waals surface area contributed by atoms with E-state index in [4.69, 9.17) is 0 Å². The monoisotopic (exact) mass is 560 g/mol. The molecule has 1 aromatic heterocycles. The van der Waals surface area contributed by atoms with Crippen LogP contribution in [-0.2, 0) is 0 Å². The van der Waals surface area contributed by atoms with Crippen molar-refractivity contribution in [1.29, 1.82) is 0 Å². The van der Waals surface area contributed by atoms with Gasteiger partial charge in [0.15, 0.2) is 11.6 Å². The maximum atomic E-state index is 12.8. The van der Waals surface area contributed by atoms with Crippen LogP contribution in [0.25, 0.3) is 0 Å². The van der Waals surface area contributed by atoms with Crippen molar-refractivity contribution in [3.63, 3.8) is 0 Å². The first-order valence-electron chi connectivity index (χ1n) is 17.3. The Morgan fingerprint density at radius 2 is 0.641 bits per heavy atom. The average molecular weight is 561 g/mol. The normalized spacial score (nSPS) is 11.3. The molecule has 1 rings (SSSR count). The lowest BCUT2D eigenvalue weighted by molar-refractivity contribution is 0.0947. The van der Waals surface area contributed by atoms with Gasteiger partial charge in [-0.3, -0.25) is 9.59 Å². The summed E-state index contributed by atoms with van der Waals surface area (Å²) in [5.74, 6) is 0.348. The second-order valence-corrected chi connectivity index (χ2v) is 12.8. The summed E-state index contributed by atoms with van der Waals surface area (Å²) < 4.78 is 0. The minimum atomic E-state index is 0.174. The highest BCUT2D eigenvalue weighted by Gasteiger charge is 2.17. The smallest absolute Gasteiger partial charge is 0.164 e. The van der Waals surface area contributed by atoms with Crippen LogP contribution in [0.1, 0.15) is 214 Å². The highest BCUT2D eigenvalue weighted by molar-refractivity contribution is 7.08. The van der Waals surface area contributed by atoms with Gasteiger partial charge in [0.2, 0.25) is 0 Å². The average Bonchev–Trinajstić information content (AvgIpc) is 3.44. The Kier molecular flexibility index (Phi) is 25.2. The Morgan fingerprint density at radius 3 is 0.897 bits per heavy atom. The topological polar surface area (TPSA) is 34.1 Å². The van der Waals surface area contributed by atoms with Crippen LogP contribution in [0, 0.1) is 0 Å². The summed E-state index contributed by atoms with van der Waals surface area (Å²) in [6.45, 7) is 4.55. The van der Waals surface area contributed by atoms with E-state index in [0.717, 1.165) is 25.7 Å². The van der Waals surface area contributed by atoms with E-state index in [1.807, 2.05) is 10.8 Å². The molecule has 0 saturated carbocycles. The predicted molar refractivity (Wildman–Crippen MR) is 174 cm³/mol. The van der Waals surface area contributed by atoms with E-state index in [1.54, 1.807) is 0 Å². The van der Waals surface area contributed by atoms with Crippen molar-refractivity contribution in [2.45, 2.75) is 194 Å². The van der Waals surface area contributed by atoms with Crippen molar-refractivity contribution in [3.8, 4) is 0 Å². The van der Waals surface area contributed by atoms with Gasteiger partial charge in [0.25, 0.3) is 0 Å². The Balaban J connectivity index is 2.01. The zero-order chi connectivity index (χ0) is 28.2. The molecule has 0 N–H and O–H groups in total. The largest absolute Gasteiger partial charge is 0.294 e. The van der Waals surface area contributed by atoms with E-state index >= 15 is 0 Å². The molecule has 0 amide bonds.